The molecule has 0 saturated heterocycles. The maximum absolute atomic E-state index is 8.81. The first-order chi connectivity index (χ1) is 10.4. The Balaban J connectivity index is 1.97. The smallest absolute Gasteiger partial charge is 0.309 e. The van der Waals surface area contributed by atoms with Crippen LogP contribution in [0.2, 0.25) is 0 Å². The molecule has 6 nitrogen and oxygen atoms in total. The van der Waals surface area contributed by atoms with Gasteiger partial charge in [-0.15, -0.1) is 0 Å². The molecule has 0 aliphatic rings. The predicted molar refractivity (Wildman–Crippen MR) is 76.9 cm³/mol. The molecule has 0 amide bonds. The number of hydrogen-bond acceptors (Lipinski definition) is 5. The van der Waals surface area contributed by atoms with E-state index in [1.807, 2.05) is 18.2 Å². The molecular weight excluding hydrogens is 268 g/mol. The summed E-state index contributed by atoms with van der Waals surface area (Å²) in [6.45, 7) is 0. The van der Waals surface area contributed by atoms with E-state index in [4.69, 9.17) is 14.4 Å². The molecule has 6 heteroatoms. The lowest BCUT2D eigenvalue weighted by Crippen LogP contribution is -2.24. The molecule has 21 heavy (non-hydrogen) atoms. The largest absolute Gasteiger partial charge is 0.443 e. The zero-order chi connectivity index (χ0) is 14.5. The number of nitriles is 1. The van der Waals surface area contributed by atoms with Gasteiger partial charge in [0.1, 0.15) is 11.3 Å². The third kappa shape index (κ3) is 2.82. The molecule has 0 radical (unpaired) electrons. The minimum absolute atomic E-state index is 0.0687. The van der Waals surface area contributed by atoms with E-state index in [2.05, 4.69) is 15.3 Å². The average molecular weight is 278 g/mol. The summed E-state index contributed by atoms with van der Waals surface area (Å²) in [5, 5.41) is 11.2. The van der Waals surface area contributed by atoms with Crippen molar-refractivity contribution in [2.75, 3.05) is 0 Å². The van der Waals surface area contributed by atoms with Crippen molar-refractivity contribution in [2.45, 2.75) is 0 Å². The summed E-state index contributed by atoms with van der Waals surface area (Å²) in [5.74, 6) is 0.575. The second-order valence-corrected chi connectivity index (χ2v) is 4.05. The monoisotopic (exact) mass is 278 g/mol. The molecule has 3 rings (SSSR count). The number of aromatic nitrogens is 1. The lowest BCUT2D eigenvalue weighted by atomic mass is 10.3. The molecule has 0 unspecified atom stereocenters. The lowest BCUT2D eigenvalue weighted by molar-refractivity contribution is 0.531. The van der Waals surface area contributed by atoms with E-state index in [1.54, 1.807) is 36.5 Å². The molecule has 1 heterocycles. The molecule has 1 N–H and O–H groups in total. The molecule has 0 bridgehead atoms. The van der Waals surface area contributed by atoms with Crippen molar-refractivity contribution in [3.05, 3.63) is 54.9 Å². The van der Waals surface area contributed by atoms with Crippen molar-refractivity contribution < 1.29 is 9.15 Å². The molecule has 2 aromatic carbocycles. The molecular formula is C15H10N4O2. The van der Waals surface area contributed by atoms with Crippen LogP contribution in [0, 0.1) is 11.5 Å². The molecule has 0 fully saturated rings. The number of aliphatic imine (C=N–C) groups is 1. The van der Waals surface area contributed by atoms with Crippen LogP contribution in [0.25, 0.3) is 11.1 Å². The highest BCUT2D eigenvalue weighted by Crippen LogP contribution is 2.24. The number of nitrogens with one attached hydrogen (secondary N) is 1. The SMILES string of the molecule is N#CNC(=Nc1cccc2ocnc12)Oc1ccccc1. The van der Waals surface area contributed by atoms with Crippen LogP contribution in [-0.4, -0.2) is 11.0 Å². The maximum Gasteiger partial charge on any atom is 0.309 e. The molecule has 0 aliphatic heterocycles. The van der Waals surface area contributed by atoms with Crippen LogP contribution < -0.4 is 10.1 Å². The first-order valence-electron chi connectivity index (χ1n) is 6.16. The van der Waals surface area contributed by atoms with Crippen LogP contribution in [0.3, 0.4) is 0 Å². The van der Waals surface area contributed by atoms with E-state index in [1.165, 1.54) is 6.39 Å². The standard InChI is InChI=1S/C15H10N4O2/c16-9-17-15(21-11-5-2-1-3-6-11)19-12-7-4-8-13-14(12)18-10-20-13/h1-8,10H,(H,17,19). The summed E-state index contributed by atoms with van der Waals surface area (Å²) in [6.07, 6.45) is 3.15. The third-order valence-corrected chi connectivity index (χ3v) is 2.68. The van der Waals surface area contributed by atoms with Crippen molar-refractivity contribution >= 4 is 22.8 Å². The second kappa shape index (κ2) is 5.75. The third-order valence-electron chi connectivity index (χ3n) is 2.68. The Morgan fingerprint density at radius 2 is 2.05 bits per heavy atom. The second-order valence-electron chi connectivity index (χ2n) is 4.05. The Morgan fingerprint density at radius 1 is 1.19 bits per heavy atom. The van der Waals surface area contributed by atoms with E-state index in [0.717, 1.165) is 0 Å². The van der Waals surface area contributed by atoms with Gasteiger partial charge in [0.25, 0.3) is 0 Å². The number of oxazole rings is 1. The highest BCUT2D eigenvalue weighted by atomic mass is 16.5. The van der Waals surface area contributed by atoms with Crippen molar-refractivity contribution in [2.24, 2.45) is 4.99 Å². The van der Waals surface area contributed by atoms with Gasteiger partial charge in [-0.05, 0) is 24.3 Å². The van der Waals surface area contributed by atoms with Crippen LogP contribution in [0.5, 0.6) is 5.75 Å². The maximum atomic E-state index is 8.81. The quantitative estimate of drug-likeness (QED) is 0.337. The normalized spacial score (nSPS) is 11.1. The summed E-state index contributed by atoms with van der Waals surface area (Å²) >= 11 is 0. The first kappa shape index (κ1) is 12.7. The van der Waals surface area contributed by atoms with Gasteiger partial charge in [-0.25, -0.2) is 10.3 Å². The van der Waals surface area contributed by atoms with Gasteiger partial charge in [-0.1, -0.05) is 24.3 Å². The van der Waals surface area contributed by atoms with Crippen LogP contribution in [0.4, 0.5) is 5.69 Å². The number of fused-ring (bicyclic) bond motifs is 1. The summed E-state index contributed by atoms with van der Waals surface area (Å²) in [4.78, 5) is 8.38. The molecule has 0 aliphatic carbocycles. The Hall–Kier alpha value is -3.33. The van der Waals surface area contributed by atoms with E-state index in [9.17, 15) is 0 Å². The summed E-state index contributed by atoms with van der Waals surface area (Å²) in [6, 6.07) is 14.5. The Kier molecular flexibility index (Phi) is 3.48. The van der Waals surface area contributed by atoms with Crippen LogP contribution in [0.1, 0.15) is 0 Å². The van der Waals surface area contributed by atoms with Gasteiger partial charge >= 0.3 is 6.02 Å². The van der Waals surface area contributed by atoms with Gasteiger partial charge in [-0.3, -0.25) is 0 Å². The topological polar surface area (TPSA) is 83.4 Å². The molecule has 1 aromatic heterocycles. The highest BCUT2D eigenvalue weighted by Gasteiger charge is 2.07. The van der Waals surface area contributed by atoms with Crippen molar-refractivity contribution in [1.29, 1.82) is 5.26 Å². The van der Waals surface area contributed by atoms with Crippen molar-refractivity contribution in [3.8, 4) is 11.9 Å². The summed E-state index contributed by atoms with van der Waals surface area (Å²) < 4.78 is 10.8. The number of rotatable bonds is 2. The van der Waals surface area contributed by atoms with Gasteiger partial charge in [0.05, 0.1) is 5.69 Å². The minimum Gasteiger partial charge on any atom is -0.443 e. The fourth-order valence-corrected chi connectivity index (χ4v) is 1.80. The number of ether oxygens (including phenoxy) is 1. The summed E-state index contributed by atoms with van der Waals surface area (Å²) in [5.41, 5.74) is 1.77. The number of benzene rings is 2. The molecule has 0 saturated carbocycles. The lowest BCUT2D eigenvalue weighted by Gasteiger charge is -2.06. The van der Waals surface area contributed by atoms with Gasteiger partial charge in [0.15, 0.2) is 18.2 Å². The summed E-state index contributed by atoms with van der Waals surface area (Å²) in [7, 11) is 0. The van der Waals surface area contributed by atoms with Crippen molar-refractivity contribution in [3.63, 3.8) is 0 Å². The van der Waals surface area contributed by atoms with Crippen molar-refractivity contribution in [1.82, 2.24) is 10.3 Å². The zero-order valence-electron chi connectivity index (χ0n) is 10.9. The van der Waals surface area contributed by atoms with Crippen LogP contribution in [0.15, 0.2) is 64.3 Å². The van der Waals surface area contributed by atoms with Gasteiger partial charge < -0.3 is 9.15 Å². The molecule has 102 valence electrons. The first-order valence-corrected chi connectivity index (χ1v) is 6.16. The van der Waals surface area contributed by atoms with Crippen LogP contribution >= 0.6 is 0 Å². The number of hydrogen-bond donors (Lipinski definition) is 1. The fraction of sp³-hybridized carbons (Fsp3) is 0. The number of para-hydroxylation sites is 2. The van der Waals surface area contributed by atoms with E-state index in [0.29, 0.717) is 22.5 Å². The van der Waals surface area contributed by atoms with E-state index < -0.39 is 0 Å². The fourth-order valence-electron chi connectivity index (χ4n) is 1.80. The van der Waals surface area contributed by atoms with E-state index in [-0.39, 0.29) is 6.02 Å². The molecule has 3 aromatic rings. The Bertz CT molecular complexity index is 818. The number of amidine groups is 1. The van der Waals surface area contributed by atoms with E-state index >= 15 is 0 Å². The van der Waals surface area contributed by atoms with Crippen LogP contribution in [-0.2, 0) is 0 Å². The van der Waals surface area contributed by atoms with Gasteiger partial charge in [0.2, 0.25) is 0 Å². The average Bonchev–Trinajstić information content (AvgIpc) is 2.98. The minimum atomic E-state index is 0.0687. The van der Waals surface area contributed by atoms with Gasteiger partial charge in [0, 0.05) is 0 Å². The number of nitrogens with zero attached hydrogens (tertiary/aromatic N) is 3. The Morgan fingerprint density at radius 3 is 2.86 bits per heavy atom. The zero-order valence-corrected chi connectivity index (χ0v) is 10.9. The van der Waals surface area contributed by atoms with Gasteiger partial charge in [-0.2, -0.15) is 10.3 Å². The Labute approximate surface area is 120 Å². The highest BCUT2D eigenvalue weighted by molar-refractivity contribution is 5.89. The molecule has 0 atom stereocenters. The predicted octanol–water partition coefficient (Wildman–Crippen LogP) is 2.96. The molecule has 0 spiro atoms.